The summed E-state index contributed by atoms with van der Waals surface area (Å²) in [5.74, 6) is 2.85. The quantitative estimate of drug-likeness (QED) is 0.651. The largest absolute Gasteiger partial charge is 0.493 e. The predicted molar refractivity (Wildman–Crippen MR) is 119 cm³/mol. The SMILES string of the molecule is COc1ccc([C@@H](NC(=O)N[C@@H]2CCc3cc(OC)c(OC)cc32)C(C)C)cc1OC. The van der Waals surface area contributed by atoms with Gasteiger partial charge < -0.3 is 29.6 Å². The molecule has 3 rings (SSSR count). The molecule has 0 bridgehead atoms. The summed E-state index contributed by atoms with van der Waals surface area (Å²) in [4.78, 5) is 12.9. The molecule has 1 aliphatic carbocycles. The van der Waals surface area contributed by atoms with E-state index < -0.39 is 0 Å². The van der Waals surface area contributed by atoms with Gasteiger partial charge in [0.15, 0.2) is 23.0 Å². The minimum atomic E-state index is -0.207. The highest BCUT2D eigenvalue weighted by atomic mass is 16.5. The van der Waals surface area contributed by atoms with Crippen molar-refractivity contribution in [2.45, 2.75) is 38.8 Å². The number of rotatable bonds is 8. The van der Waals surface area contributed by atoms with Crippen LogP contribution >= 0.6 is 0 Å². The Morgan fingerprint density at radius 3 is 2.13 bits per heavy atom. The van der Waals surface area contributed by atoms with Crippen LogP contribution in [0.1, 0.15) is 49.0 Å². The minimum Gasteiger partial charge on any atom is -0.493 e. The number of nitrogens with one attached hydrogen (secondary N) is 2. The summed E-state index contributed by atoms with van der Waals surface area (Å²) >= 11 is 0. The number of benzene rings is 2. The van der Waals surface area contributed by atoms with Gasteiger partial charge in [-0.15, -0.1) is 0 Å². The molecule has 0 heterocycles. The smallest absolute Gasteiger partial charge is 0.315 e. The fraction of sp³-hybridized carbons (Fsp3) is 0.458. The van der Waals surface area contributed by atoms with Crippen molar-refractivity contribution in [2.24, 2.45) is 5.92 Å². The average Bonchev–Trinajstić information content (AvgIpc) is 3.16. The van der Waals surface area contributed by atoms with E-state index in [9.17, 15) is 4.79 Å². The summed E-state index contributed by atoms with van der Waals surface area (Å²) in [5, 5.41) is 6.26. The first-order valence-corrected chi connectivity index (χ1v) is 10.5. The molecular formula is C24H32N2O5. The normalized spacial score (nSPS) is 15.8. The van der Waals surface area contributed by atoms with Crippen LogP contribution in [0.2, 0.25) is 0 Å². The lowest BCUT2D eigenvalue weighted by molar-refractivity contribution is 0.229. The summed E-state index contributed by atoms with van der Waals surface area (Å²) in [6.45, 7) is 4.15. The van der Waals surface area contributed by atoms with E-state index >= 15 is 0 Å². The van der Waals surface area contributed by atoms with Gasteiger partial charge in [-0.25, -0.2) is 4.79 Å². The highest BCUT2D eigenvalue weighted by molar-refractivity contribution is 5.75. The third kappa shape index (κ3) is 4.81. The van der Waals surface area contributed by atoms with Crippen LogP contribution in [0.25, 0.3) is 0 Å². The van der Waals surface area contributed by atoms with E-state index in [-0.39, 0.29) is 24.0 Å². The Labute approximate surface area is 184 Å². The van der Waals surface area contributed by atoms with Crippen molar-refractivity contribution in [3.05, 3.63) is 47.0 Å². The molecule has 2 aromatic rings. The number of aryl methyl sites for hydroxylation is 1. The molecule has 2 aromatic carbocycles. The van der Waals surface area contributed by atoms with Crippen LogP contribution in [0.15, 0.2) is 30.3 Å². The topological polar surface area (TPSA) is 78.1 Å². The molecule has 7 heteroatoms. The van der Waals surface area contributed by atoms with Crippen molar-refractivity contribution >= 4 is 6.03 Å². The van der Waals surface area contributed by atoms with Crippen molar-refractivity contribution < 1.29 is 23.7 Å². The Balaban J connectivity index is 1.76. The molecule has 0 radical (unpaired) electrons. The molecule has 2 amide bonds. The zero-order valence-corrected chi connectivity index (χ0v) is 19.1. The summed E-state index contributed by atoms with van der Waals surface area (Å²) < 4.78 is 21.6. The molecule has 1 aliphatic rings. The fourth-order valence-corrected chi connectivity index (χ4v) is 4.11. The molecular weight excluding hydrogens is 396 g/mol. The van der Waals surface area contributed by atoms with E-state index in [2.05, 4.69) is 24.5 Å². The maximum Gasteiger partial charge on any atom is 0.315 e. The van der Waals surface area contributed by atoms with Crippen LogP contribution in [0, 0.1) is 5.92 Å². The number of hydrogen-bond acceptors (Lipinski definition) is 5. The molecule has 31 heavy (non-hydrogen) atoms. The van der Waals surface area contributed by atoms with Crippen LogP contribution in [0.4, 0.5) is 4.79 Å². The van der Waals surface area contributed by atoms with Crippen LogP contribution < -0.4 is 29.6 Å². The Morgan fingerprint density at radius 2 is 1.52 bits per heavy atom. The van der Waals surface area contributed by atoms with Crippen molar-refractivity contribution in [3.63, 3.8) is 0 Å². The van der Waals surface area contributed by atoms with Crippen molar-refractivity contribution in [1.29, 1.82) is 0 Å². The first kappa shape index (κ1) is 22.6. The first-order valence-electron chi connectivity index (χ1n) is 10.5. The molecule has 0 fully saturated rings. The lowest BCUT2D eigenvalue weighted by atomic mass is 9.95. The number of carbonyl (C=O) groups is 1. The maximum atomic E-state index is 12.9. The third-order valence-electron chi connectivity index (χ3n) is 5.75. The lowest BCUT2D eigenvalue weighted by Crippen LogP contribution is -2.41. The molecule has 168 valence electrons. The van der Waals surface area contributed by atoms with Crippen LogP contribution in [-0.2, 0) is 6.42 Å². The maximum absolute atomic E-state index is 12.9. The van der Waals surface area contributed by atoms with E-state index in [0.717, 1.165) is 24.0 Å². The number of ether oxygens (including phenoxy) is 4. The predicted octanol–water partition coefficient (Wildman–Crippen LogP) is 4.40. The fourth-order valence-electron chi connectivity index (χ4n) is 4.11. The zero-order valence-electron chi connectivity index (χ0n) is 19.1. The molecule has 0 aromatic heterocycles. The number of amides is 2. The van der Waals surface area contributed by atoms with Gasteiger partial charge in [-0.3, -0.25) is 0 Å². The van der Waals surface area contributed by atoms with Gasteiger partial charge in [0.25, 0.3) is 0 Å². The van der Waals surface area contributed by atoms with Crippen molar-refractivity contribution in [1.82, 2.24) is 10.6 Å². The van der Waals surface area contributed by atoms with Crippen LogP contribution in [0.5, 0.6) is 23.0 Å². The van der Waals surface area contributed by atoms with Gasteiger partial charge in [-0.05, 0) is 59.7 Å². The highest BCUT2D eigenvalue weighted by Crippen LogP contribution is 2.39. The standard InChI is InChI=1S/C24H32N2O5/c1-14(2)23(16-8-10-19(28-3)20(12-16)29-4)26-24(27)25-18-9-7-15-11-21(30-5)22(31-6)13-17(15)18/h8,10-14,18,23H,7,9H2,1-6H3,(H2,25,26,27)/t18-,23+/m1/s1. The second-order valence-corrected chi connectivity index (χ2v) is 7.95. The molecule has 2 N–H and O–H groups in total. The van der Waals surface area contributed by atoms with Crippen molar-refractivity contribution in [2.75, 3.05) is 28.4 Å². The van der Waals surface area contributed by atoms with Gasteiger partial charge in [0, 0.05) is 0 Å². The van der Waals surface area contributed by atoms with E-state index in [4.69, 9.17) is 18.9 Å². The van der Waals surface area contributed by atoms with E-state index in [0.29, 0.717) is 23.0 Å². The number of carbonyl (C=O) groups excluding carboxylic acids is 1. The van der Waals surface area contributed by atoms with Crippen molar-refractivity contribution in [3.8, 4) is 23.0 Å². The third-order valence-corrected chi connectivity index (χ3v) is 5.75. The van der Waals surface area contributed by atoms with Crippen LogP contribution in [-0.4, -0.2) is 34.5 Å². The van der Waals surface area contributed by atoms with Gasteiger partial charge in [0.2, 0.25) is 0 Å². The molecule has 7 nitrogen and oxygen atoms in total. The lowest BCUT2D eigenvalue weighted by Gasteiger charge is -2.25. The first-order chi connectivity index (χ1) is 14.9. The van der Waals surface area contributed by atoms with Crippen LogP contribution in [0.3, 0.4) is 0 Å². The molecule has 0 unspecified atom stereocenters. The molecule has 0 aliphatic heterocycles. The van der Waals surface area contributed by atoms with Gasteiger partial charge in [0.05, 0.1) is 40.5 Å². The Bertz CT molecular complexity index is 928. The Morgan fingerprint density at radius 1 is 0.903 bits per heavy atom. The number of hydrogen-bond donors (Lipinski definition) is 2. The van der Waals surface area contributed by atoms with Gasteiger partial charge in [-0.2, -0.15) is 0 Å². The van der Waals surface area contributed by atoms with E-state index in [1.54, 1.807) is 28.4 Å². The Hall–Kier alpha value is -3.09. The second kappa shape index (κ2) is 9.81. The monoisotopic (exact) mass is 428 g/mol. The number of fused-ring (bicyclic) bond motifs is 1. The van der Waals surface area contributed by atoms with E-state index in [1.807, 2.05) is 30.3 Å². The zero-order chi connectivity index (χ0) is 22.5. The molecule has 0 spiro atoms. The average molecular weight is 429 g/mol. The number of methoxy groups -OCH3 is 4. The number of urea groups is 1. The van der Waals surface area contributed by atoms with Gasteiger partial charge >= 0.3 is 6.03 Å². The highest BCUT2D eigenvalue weighted by Gasteiger charge is 2.28. The second-order valence-electron chi connectivity index (χ2n) is 7.95. The van der Waals surface area contributed by atoms with E-state index in [1.165, 1.54) is 5.56 Å². The van der Waals surface area contributed by atoms with Gasteiger partial charge in [0.1, 0.15) is 0 Å². The Kier molecular flexibility index (Phi) is 7.15. The summed E-state index contributed by atoms with van der Waals surface area (Å²) in [7, 11) is 6.45. The molecule has 0 saturated heterocycles. The summed E-state index contributed by atoms with van der Waals surface area (Å²) in [6.07, 6.45) is 1.71. The molecule has 2 atom stereocenters. The minimum absolute atomic E-state index is 0.0759. The molecule has 0 saturated carbocycles. The van der Waals surface area contributed by atoms with Gasteiger partial charge in [-0.1, -0.05) is 19.9 Å². The summed E-state index contributed by atoms with van der Waals surface area (Å²) in [6, 6.07) is 9.21. The summed E-state index contributed by atoms with van der Waals surface area (Å²) in [5.41, 5.74) is 3.20.